The summed E-state index contributed by atoms with van der Waals surface area (Å²) >= 11 is 0. The van der Waals surface area contributed by atoms with Gasteiger partial charge in [0.25, 0.3) is 0 Å². The highest BCUT2D eigenvalue weighted by molar-refractivity contribution is 5.94. The highest BCUT2D eigenvalue weighted by Gasteiger charge is 2.15. The number of hydrogen-bond acceptors (Lipinski definition) is 9. The fourth-order valence-electron chi connectivity index (χ4n) is 4.42. The molecule has 5 aliphatic rings. The summed E-state index contributed by atoms with van der Waals surface area (Å²) in [5, 5.41) is 9.31. The minimum Gasteiger partial charge on any atom is -0.360 e. The number of piperidine rings is 4. The molecule has 1 amide bonds. The maximum atomic E-state index is 10.4. The third-order valence-electron chi connectivity index (χ3n) is 6.39. The lowest BCUT2D eigenvalue weighted by molar-refractivity contribution is -0.122. The number of rotatable bonds is 0. The zero-order valence-corrected chi connectivity index (χ0v) is 23.2. The van der Waals surface area contributed by atoms with Crippen LogP contribution < -0.4 is 16.0 Å². The van der Waals surface area contributed by atoms with Crippen LogP contribution >= 0.6 is 0 Å². The molecule has 4 saturated heterocycles. The van der Waals surface area contributed by atoms with Crippen LogP contribution in [-0.4, -0.2) is 78.3 Å². The molecule has 0 saturated carbocycles. The number of likely N-dealkylation sites (tertiary alicyclic amines) is 1. The van der Waals surface area contributed by atoms with Gasteiger partial charge in [-0.15, -0.1) is 0 Å². The highest BCUT2D eigenvalue weighted by Crippen LogP contribution is 2.15. The van der Waals surface area contributed by atoms with E-state index in [0.717, 1.165) is 32.4 Å². The smallest absolute Gasteiger partial charge is 0.360 e. The molecule has 0 bridgehead atoms. The number of amidine groups is 1. The molecule has 36 heavy (non-hydrogen) atoms. The van der Waals surface area contributed by atoms with Gasteiger partial charge in [0.1, 0.15) is 0 Å². The van der Waals surface area contributed by atoms with Crippen LogP contribution in [0.25, 0.3) is 0 Å². The second-order valence-corrected chi connectivity index (χ2v) is 9.48. The van der Waals surface area contributed by atoms with Crippen molar-refractivity contribution in [2.24, 2.45) is 4.99 Å². The average Bonchev–Trinajstić information content (AvgIpc) is 2.99. The van der Waals surface area contributed by atoms with Crippen LogP contribution in [0.4, 0.5) is 0 Å². The van der Waals surface area contributed by atoms with Gasteiger partial charge in [0.05, 0.1) is 5.84 Å². The molecule has 4 fully saturated rings. The zero-order valence-electron chi connectivity index (χ0n) is 22.2. The molecule has 0 unspecified atom stereocenters. The van der Waals surface area contributed by atoms with E-state index in [4.69, 9.17) is 18.9 Å². The van der Waals surface area contributed by atoms with E-state index < -0.39 is 9.29 Å². The van der Waals surface area contributed by atoms with Gasteiger partial charge in [0, 0.05) is 49.0 Å². The van der Waals surface area contributed by atoms with Gasteiger partial charge < -0.3 is 20.9 Å². The van der Waals surface area contributed by atoms with Gasteiger partial charge in [0.2, 0.25) is 5.91 Å². The van der Waals surface area contributed by atoms with Crippen molar-refractivity contribution in [2.45, 2.75) is 96.3 Å². The molecule has 10 nitrogen and oxygen atoms in total. The predicted octanol–water partition coefficient (Wildman–Crippen LogP) is 3.31. The van der Waals surface area contributed by atoms with Gasteiger partial charge in [0.15, 0.2) is 0 Å². The fourth-order valence-corrected chi connectivity index (χ4v) is 4.42. The Balaban J connectivity index is 0.000000446. The molecule has 3 N–H and O–H groups in total. The van der Waals surface area contributed by atoms with Crippen molar-refractivity contribution in [3.05, 3.63) is 9.93 Å². The first kappa shape index (κ1) is 34.3. The van der Waals surface area contributed by atoms with E-state index in [2.05, 4.69) is 25.8 Å². The summed E-state index contributed by atoms with van der Waals surface area (Å²) in [7, 11) is -1.42. The summed E-state index contributed by atoms with van der Waals surface area (Å²) in [4.78, 5) is 31.5. The summed E-state index contributed by atoms with van der Waals surface area (Å²) in [6, 6.07) is 0. The number of carbonyl (C=O) groups is 1. The van der Waals surface area contributed by atoms with Gasteiger partial charge in [-0.3, -0.25) is 18.7 Å². The number of hydrogen-bond donors (Lipinski definition) is 3. The molecule has 0 aliphatic carbocycles. The molecular weight excluding hydrogens is 478 g/mol. The first-order valence-corrected chi connectivity index (χ1v) is 14.7. The lowest BCUT2D eigenvalue weighted by Gasteiger charge is -2.31. The predicted molar refractivity (Wildman–Crippen MR) is 146 cm³/mol. The molecule has 5 rings (SSSR count). The van der Waals surface area contributed by atoms with Crippen molar-refractivity contribution in [2.75, 3.05) is 52.4 Å². The van der Waals surface area contributed by atoms with Gasteiger partial charge in [-0.25, -0.2) is 0 Å². The van der Waals surface area contributed by atoms with Crippen LogP contribution in [0, 0.1) is 9.93 Å². The first-order chi connectivity index (χ1) is 17.8. The van der Waals surface area contributed by atoms with E-state index >= 15 is 0 Å². The van der Waals surface area contributed by atoms with Crippen LogP contribution in [0.2, 0.25) is 0 Å². The Bertz CT molecular complexity index is 534. The minimum atomic E-state index is -1.42. The Labute approximate surface area is 219 Å². The molecule has 0 aromatic heterocycles. The molecule has 0 atom stereocenters. The lowest BCUT2D eigenvalue weighted by atomic mass is 10.1. The molecule has 0 aromatic carbocycles. The van der Waals surface area contributed by atoms with Crippen molar-refractivity contribution in [3.63, 3.8) is 0 Å². The summed E-state index contributed by atoms with van der Waals surface area (Å²) in [5.41, 5.74) is 0. The van der Waals surface area contributed by atoms with Crippen molar-refractivity contribution >= 4 is 21.0 Å². The van der Waals surface area contributed by atoms with E-state index in [-0.39, 0.29) is 5.91 Å². The molecular formula is C25H49N5O5Si. The first-order valence-electron chi connectivity index (χ1n) is 13.9. The van der Waals surface area contributed by atoms with Crippen molar-refractivity contribution in [1.82, 2.24) is 20.9 Å². The monoisotopic (exact) mass is 527 g/mol. The van der Waals surface area contributed by atoms with Crippen molar-refractivity contribution < 1.29 is 13.7 Å². The minimum absolute atomic E-state index is 0.214. The third-order valence-corrected chi connectivity index (χ3v) is 6.39. The number of carbonyl (C=O) groups excluding carboxylic acids is 1. The van der Waals surface area contributed by atoms with E-state index in [9.17, 15) is 4.79 Å². The number of aliphatic imine (C=N–C) groups is 1. The maximum Gasteiger partial charge on any atom is 0.549 e. The maximum absolute atomic E-state index is 10.4. The Morgan fingerprint density at radius 1 is 0.611 bits per heavy atom. The van der Waals surface area contributed by atoms with Crippen LogP contribution in [0.3, 0.4) is 0 Å². The topological polar surface area (TPSA) is 137 Å². The lowest BCUT2D eigenvalue weighted by Crippen LogP contribution is -2.36. The van der Waals surface area contributed by atoms with Gasteiger partial charge >= 0.3 is 9.29 Å². The molecule has 0 spiro atoms. The molecule has 5 heterocycles. The Morgan fingerprint density at radius 2 is 1.08 bits per heavy atom. The van der Waals surface area contributed by atoms with Crippen LogP contribution in [-0.2, 0) is 13.7 Å². The summed E-state index contributed by atoms with van der Waals surface area (Å²) < 4.78 is 16.8. The van der Waals surface area contributed by atoms with Crippen LogP contribution in [0.15, 0.2) is 4.99 Å². The molecule has 11 heteroatoms. The molecule has 208 valence electrons. The van der Waals surface area contributed by atoms with E-state index in [1.54, 1.807) is 0 Å². The Kier molecular flexibility index (Phi) is 26.5. The second-order valence-electron chi connectivity index (χ2n) is 9.31. The van der Waals surface area contributed by atoms with Crippen LogP contribution in [0.5, 0.6) is 0 Å². The number of amides is 1. The summed E-state index contributed by atoms with van der Waals surface area (Å²) in [6.45, 7) is 9.49. The molecule has 0 radical (unpaired) electrons. The molecule has 0 aromatic rings. The van der Waals surface area contributed by atoms with E-state index in [1.807, 2.05) is 0 Å². The van der Waals surface area contributed by atoms with Gasteiger partial charge in [-0.05, 0) is 96.8 Å². The van der Waals surface area contributed by atoms with Gasteiger partial charge in [-0.2, -0.15) is 0 Å². The summed E-state index contributed by atoms with van der Waals surface area (Å²) in [5.74, 6) is 1.62. The van der Waals surface area contributed by atoms with E-state index in [0.29, 0.717) is 0 Å². The standard InChI is InChI=1S/C10H18N2.C5H9NO.2C5H11N.O2Si.O2/c1-4-8-12(9-5-1)10-6-2-3-7-11-10;7-5-3-1-2-4-6-5;2*1-2-4-6-5-3-1;1-3-2;1-2/h1-9H2;1-4H2,(H,6,7);2*6H,1-5H2;;. The van der Waals surface area contributed by atoms with Crippen molar-refractivity contribution in [3.8, 4) is 0 Å². The van der Waals surface area contributed by atoms with Gasteiger partial charge in [-0.1, -0.05) is 12.8 Å². The largest absolute Gasteiger partial charge is 0.549 e. The van der Waals surface area contributed by atoms with Crippen molar-refractivity contribution in [1.29, 1.82) is 0 Å². The average molecular weight is 528 g/mol. The molecule has 5 aliphatic heterocycles. The fraction of sp³-hybridized carbons (Fsp3) is 0.920. The quantitative estimate of drug-likeness (QED) is 0.408. The number of nitrogens with zero attached hydrogens (tertiary/aromatic N) is 2. The zero-order chi connectivity index (χ0) is 26.5. The third kappa shape index (κ3) is 21.6. The highest BCUT2D eigenvalue weighted by atomic mass is 28.2. The van der Waals surface area contributed by atoms with E-state index in [1.165, 1.54) is 122 Å². The SMILES string of the molecule is C1CCN(C2=NCCCC2)CC1.C1CCNCC1.C1CCNCC1.O=C1CCCCN1.O=O.O=[Si]=O. The second kappa shape index (κ2) is 27.9. The van der Waals surface area contributed by atoms with Crippen LogP contribution in [0.1, 0.15) is 96.3 Å². The normalized spacial score (nSPS) is 20.9. The number of nitrogens with one attached hydrogen (secondary N) is 3. The summed E-state index contributed by atoms with van der Waals surface area (Å²) in [6.07, 6.45) is 19.5. The Morgan fingerprint density at radius 3 is 1.39 bits per heavy atom. The Hall–Kier alpha value is -1.72.